The number of rotatable bonds is 5. The van der Waals surface area contributed by atoms with E-state index in [1.807, 2.05) is 30.8 Å². The maximum absolute atomic E-state index is 5.41. The van der Waals surface area contributed by atoms with E-state index in [1.54, 1.807) is 18.0 Å². The molecule has 2 aromatic rings. The Balaban J connectivity index is 1.99. The third kappa shape index (κ3) is 3.11. The Kier molecular flexibility index (Phi) is 4.38. The normalized spacial score (nSPS) is 12.9. The lowest BCUT2D eigenvalue weighted by Gasteiger charge is -2.22. The predicted octanol–water partition coefficient (Wildman–Crippen LogP) is 2.98. The largest absolute Gasteiger partial charge is 0.468 e. The molecule has 0 aliphatic rings. The van der Waals surface area contributed by atoms with Crippen LogP contribution in [0.4, 0.5) is 0 Å². The molecule has 96 valence electrons. The van der Waals surface area contributed by atoms with E-state index in [4.69, 9.17) is 4.42 Å². The Labute approximate surface area is 111 Å². The molecule has 0 saturated carbocycles. The molecule has 0 bridgehead atoms. The molecule has 0 aromatic carbocycles. The molecule has 0 radical (unpaired) electrons. The molecule has 0 aliphatic heterocycles. The van der Waals surface area contributed by atoms with E-state index < -0.39 is 0 Å². The molecule has 18 heavy (non-hydrogen) atoms. The van der Waals surface area contributed by atoms with Crippen molar-refractivity contribution in [2.24, 2.45) is 0 Å². The fourth-order valence-electron chi connectivity index (χ4n) is 1.70. The summed E-state index contributed by atoms with van der Waals surface area (Å²) in [5.74, 6) is 0.971. The maximum atomic E-state index is 5.41. The highest BCUT2D eigenvalue weighted by Gasteiger charge is 2.14. The summed E-state index contributed by atoms with van der Waals surface area (Å²) in [5, 5.41) is 0.806. The number of nitrogens with zero attached hydrogens (tertiary/aromatic N) is 3. The second-order valence-corrected chi connectivity index (χ2v) is 4.96. The Morgan fingerprint density at radius 2 is 2.11 bits per heavy atom. The number of aromatic nitrogens is 2. The van der Waals surface area contributed by atoms with Gasteiger partial charge in [-0.15, -0.1) is 0 Å². The van der Waals surface area contributed by atoms with Crippen molar-refractivity contribution in [2.75, 3.05) is 13.3 Å². The summed E-state index contributed by atoms with van der Waals surface area (Å²) in [5.41, 5.74) is 1.11. The summed E-state index contributed by atoms with van der Waals surface area (Å²) < 4.78 is 5.41. The van der Waals surface area contributed by atoms with Crippen LogP contribution >= 0.6 is 11.8 Å². The smallest absolute Gasteiger partial charge is 0.187 e. The molecular formula is C13H17N3OS. The van der Waals surface area contributed by atoms with Crippen molar-refractivity contribution in [3.05, 3.63) is 42.1 Å². The first kappa shape index (κ1) is 13.1. The summed E-state index contributed by atoms with van der Waals surface area (Å²) in [7, 11) is 2.07. The van der Waals surface area contributed by atoms with E-state index in [1.165, 1.54) is 0 Å². The van der Waals surface area contributed by atoms with Gasteiger partial charge in [0.05, 0.1) is 12.3 Å². The zero-order valence-corrected chi connectivity index (χ0v) is 11.6. The van der Waals surface area contributed by atoms with Gasteiger partial charge in [0.2, 0.25) is 0 Å². The van der Waals surface area contributed by atoms with Crippen LogP contribution in [0, 0.1) is 0 Å². The molecule has 1 atom stereocenters. The van der Waals surface area contributed by atoms with Crippen LogP contribution < -0.4 is 0 Å². The highest BCUT2D eigenvalue weighted by atomic mass is 32.2. The van der Waals surface area contributed by atoms with Crippen molar-refractivity contribution in [1.82, 2.24) is 14.9 Å². The molecule has 0 unspecified atom stereocenters. The van der Waals surface area contributed by atoms with Gasteiger partial charge >= 0.3 is 0 Å². The van der Waals surface area contributed by atoms with Crippen LogP contribution in [0.5, 0.6) is 0 Å². The zero-order chi connectivity index (χ0) is 13.0. The minimum absolute atomic E-state index is 0.236. The monoisotopic (exact) mass is 263 g/mol. The van der Waals surface area contributed by atoms with Crippen molar-refractivity contribution in [3.8, 4) is 0 Å². The summed E-state index contributed by atoms with van der Waals surface area (Å²) in [6.45, 7) is 2.92. The van der Waals surface area contributed by atoms with Crippen LogP contribution in [0.1, 0.15) is 24.3 Å². The van der Waals surface area contributed by atoms with Gasteiger partial charge in [0.1, 0.15) is 5.76 Å². The first-order valence-corrected chi connectivity index (χ1v) is 7.01. The van der Waals surface area contributed by atoms with Crippen molar-refractivity contribution in [3.63, 3.8) is 0 Å². The highest BCUT2D eigenvalue weighted by Crippen LogP contribution is 2.20. The predicted molar refractivity (Wildman–Crippen MR) is 72.4 cm³/mol. The SMILES string of the molecule is CSc1ncc(CN(C)[C@@H](C)c2ccco2)cn1. The summed E-state index contributed by atoms with van der Waals surface area (Å²) >= 11 is 1.55. The first-order chi connectivity index (χ1) is 8.70. The van der Waals surface area contributed by atoms with Crippen LogP contribution in [0.2, 0.25) is 0 Å². The number of thioether (sulfide) groups is 1. The highest BCUT2D eigenvalue weighted by molar-refractivity contribution is 7.98. The van der Waals surface area contributed by atoms with Gasteiger partial charge < -0.3 is 4.42 Å². The second-order valence-electron chi connectivity index (χ2n) is 4.18. The van der Waals surface area contributed by atoms with Gasteiger partial charge in [-0.3, -0.25) is 4.90 Å². The quantitative estimate of drug-likeness (QED) is 0.613. The third-order valence-corrected chi connectivity index (χ3v) is 3.49. The molecule has 2 rings (SSSR count). The van der Waals surface area contributed by atoms with Gasteiger partial charge in [0.15, 0.2) is 5.16 Å². The minimum Gasteiger partial charge on any atom is -0.468 e. The second kappa shape index (κ2) is 6.02. The third-order valence-electron chi connectivity index (χ3n) is 2.91. The van der Waals surface area contributed by atoms with Crippen LogP contribution in [0.15, 0.2) is 40.4 Å². The lowest BCUT2D eigenvalue weighted by atomic mass is 10.2. The lowest BCUT2D eigenvalue weighted by molar-refractivity contribution is 0.223. The van der Waals surface area contributed by atoms with Crippen molar-refractivity contribution < 1.29 is 4.42 Å². The molecule has 0 N–H and O–H groups in total. The van der Waals surface area contributed by atoms with E-state index in [9.17, 15) is 0 Å². The van der Waals surface area contributed by atoms with E-state index in [-0.39, 0.29) is 6.04 Å². The summed E-state index contributed by atoms with van der Waals surface area (Å²) in [6.07, 6.45) is 7.44. The van der Waals surface area contributed by atoms with Crippen LogP contribution in [0.3, 0.4) is 0 Å². The van der Waals surface area contributed by atoms with E-state index >= 15 is 0 Å². The van der Waals surface area contributed by atoms with Crippen molar-refractivity contribution >= 4 is 11.8 Å². The number of hydrogen-bond acceptors (Lipinski definition) is 5. The average molecular weight is 263 g/mol. The molecule has 5 heteroatoms. The molecule has 0 aliphatic carbocycles. The lowest BCUT2D eigenvalue weighted by Crippen LogP contribution is -2.21. The van der Waals surface area contributed by atoms with Gasteiger partial charge in [-0.25, -0.2) is 9.97 Å². The molecular weight excluding hydrogens is 246 g/mol. The maximum Gasteiger partial charge on any atom is 0.187 e. The van der Waals surface area contributed by atoms with Gasteiger partial charge in [-0.05, 0) is 32.4 Å². The molecule has 0 spiro atoms. The van der Waals surface area contributed by atoms with Crippen LogP contribution in [-0.2, 0) is 6.54 Å². The van der Waals surface area contributed by atoms with Gasteiger partial charge in [0.25, 0.3) is 0 Å². The average Bonchev–Trinajstić information content (AvgIpc) is 2.92. The summed E-state index contributed by atoms with van der Waals surface area (Å²) in [6, 6.07) is 4.14. The van der Waals surface area contributed by atoms with Gasteiger partial charge in [0, 0.05) is 24.5 Å². The Morgan fingerprint density at radius 3 is 2.67 bits per heavy atom. The fourth-order valence-corrected chi connectivity index (χ4v) is 2.02. The van der Waals surface area contributed by atoms with Gasteiger partial charge in [-0.1, -0.05) is 11.8 Å². The van der Waals surface area contributed by atoms with E-state index in [2.05, 4.69) is 28.8 Å². The first-order valence-electron chi connectivity index (χ1n) is 5.79. The molecule has 4 nitrogen and oxygen atoms in total. The standard InChI is InChI=1S/C13H17N3OS/c1-10(12-5-4-6-17-12)16(2)9-11-7-14-13(18-3)15-8-11/h4-8,10H,9H2,1-3H3/t10-/m0/s1. The summed E-state index contributed by atoms with van der Waals surface area (Å²) in [4.78, 5) is 10.8. The fraction of sp³-hybridized carbons (Fsp3) is 0.385. The Hall–Kier alpha value is -1.33. The van der Waals surface area contributed by atoms with Crippen molar-refractivity contribution in [1.29, 1.82) is 0 Å². The van der Waals surface area contributed by atoms with Crippen molar-refractivity contribution in [2.45, 2.75) is 24.7 Å². The minimum atomic E-state index is 0.236. The van der Waals surface area contributed by atoms with Gasteiger partial charge in [-0.2, -0.15) is 0 Å². The van der Waals surface area contributed by atoms with Crippen LogP contribution in [0.25, 0.3) is 0 Å². The molecule has 2 heterocycles. The van der Waals surface area contributed by atoms with Crippen LogP contribution in [-0.4, -0.2) is 28.2 Å². The molecule has 2 aromatic heterocycles. The van der Waals surface area contributed by atoms with E-state index in [0.717, 1.165) is 23.0 Å². The molecule has 0 saturated heterocycles. The number of furan rings is 1. The number of hydrogen-bond donors (Lipinski definition) is 0. The molecule has 0 amide bonds. The topological polar surface area (TPSA) is 42.2 Å². The molecule has 0 fully saturated rings. The Morgan fingerprint density at radius 1 is 1.39 bits per heavy atom. The zero-order valence-electron chi connectivity index (χ0n) is 10.8. The van der Waals surface area contributed by atoms with E-state index in [0.29, 0.717) is 0 Å². The Bertz CT molecular complexity index is 469.